The molecule has 0 unspecified atom stereocenters. The first-order chi connectivity index (χ1) is 12.7. The second-order valence-electron chi connectivity index (χ2n) is 9.64. The average Bonchev–Trinajstić information content (AvgIpc) is 2.68. The normalized spacial score (nSPS) is 38.8. The quantitative estimate of drug-likeness (QED) is 0.467. The standard InChI is InChI=1S/C24H42O2/c1-4-5-20-16-25-24(26-17-20)23-14-12-22(13-15-23)21-10-8-19(9-11-21)7-6-18(2)3/h19-24H,2,4-17H2,1,3H3. The van der Waals surface area contributed by atoms with Crippen molar-refractivity contribution in [2.24, 2.45) is 29.6 Å². The highest BCUT2D eigenvalue weighted by Crippen LogP contribution is 2.43. The third-order valence-electron chi connectivity index (χ3n) is 7.43. The predicted octanol–water partition coefficient (Wildman–Crippen LogP) is 6.74. The first-order valence-corrected chi connectivity index (χ1v) is 11.5. The van der Waals surface area contributed by atoms with Gasteiger partial charge < -0.3 is 9.47 Å². The molecule has 0 bridgehead atoms. The number of rotatable bonds is 7. The molecule has 0 N–H and O–H groups in total. The molecule has 2 nitrogen and oxygen atoms in total. The topological polar surface area (TPSA) is 18.5 Å². The van der Waals surface area contributed by atoms with E-state index in [9.17, 15) is 0 Å². The smallest absolute Gasteiger partial charge is 0.160 e. The van der Waals surface area contributed by atoms with Gasteiger partial charge in [0.1, 0.15) is 0 Å². The van der Waals surface area contributed by atoms with Crippen LogP contribution in [-0.2, 0) is 9.47 Å². The highest BCUT2D eigenvalue weighted by molar-refractivity contribution is 4.89. The van der Waals surface area contributed by atoms with Crippen molar-refractivity contribution in [3.63, 3.8) is 0 Å². The van der Waals surface area contributed by atoms with Crippen LogP contribution in [0, 0.1) is 29.6 Å². The molecule has 0 aromatic carbocycles. The van der Waals surface area contributed by atoms with Crippen molar-refractivity contribution < 1.29 is 9.47 Å². The summed E-state index contributed by atoms with van der Waals surface area (Å²) < 4.78 is 12.2. The summed E-state index contributed by atoms with van der Waals surface area (Å²) >= 11 is 0. The molecule has 2 heteroatoms. The second kappa shape index (κ2) is 10.3. The molecular weight excluding hydrogens is 320 g/mol. The van der Waals surface area contributed by atoms with Crippen molar-refractivity contribution in [1.82, 2.24) is 0 Å². The third kappa shape index (κ3) is 5.83. The Bertz CT molecular complexity index is 408. The van der Waals surface area contributed by atoms with Crippen LogP contribution in [0.4, 0.5) is 0 Å². The van der Waals surface area contributed by atoms with E-state index >= 15 is 0 Å². The summed E-state index contributed by atoms with van der Waals surface area (Å²) in [7, 11) is 0. The van der Waals surface area contributed by atoms with Gasteiger partial charge in [-0.05, 0) is 82.5 Å². The van der Waals surface area contributed by atoms with Crippen LogP contribution in [0.1, 0.15) is 90.9 Å². The first kappa shape index (κ1) is 20.4. The molecule has 3 aliphatic rings. The van der Waals surface area contributed by atoms with Crippen molar-refractivity contribution >= 4 is 0 Å². The van der Waals surface area contributed by atoms with Gasteiger partial charge in [-0.3, -0.25) is 0 Å². The van der Waals surface area contributed by atoms with Gasteiger partial charge in [-0.2, -0.15) is 0 Å². The minimum absolute atomic E-state index is 0.0990. The fourth-order valence-corrected chi connectivity index (χ4v) is 5.69. The van der Waals surface area contributed by atoms with Crippen LogP contribution in [0.3, 0.4) is 0 Å². The lowest BCUT2D eigenvalue weighted by Crippen LogP contribution is -2.39. The molecule has 1 aliphatic heterocycles. The maximum atomic E-state index is 6.09. The lowest BCUT2D eigenvalue weighted by Gasteiger charge is -2.41. The molecule has 3 rings (SSSR count). The molecule has 26 heavy (non-hydrogen) atoms. The van der Waals surface area contributed by atoms with Gasteiger partial charge in [-0.15, -0.1) is 6.58 Å². The summed E-state index contributed by atoms with van der Waals surface area (Å²) in [4.78, 5) is 0. The van der Waals surface area contributed by atoms with Crippen LogP contribution < -0.4 is 0 Å². The van der Waals surface area contributed by atoms with E-state index in [2.05, 4.69) is 20.4 Å². The largest absolute Gasteiger partial charge is 0.352 e. The van der Waals surface area contributed by atoms with E-state index in [-0.39, 0.29) is 6.29 Å². The maximum Gasteiger partial charge on any atom is 0.160 e. The molecule has 0 aromatic rings. The predicted molar refractivity (Wildman–Crippen MR) is 109 cm³/mol. The number of allylic oxidation sites excluding steroid dienone is 1. The zero-order chi connectivity index (χ0) is 18.4. The van der Waals surface area contributed by atoms with E-state index < -0.39 is 0 Å². The van der Waals surface area contributed by atoms with Crippen molar-refractivity contribution in [3.05, 3.63) is 12.2 Å². The van der Waals surface area contributed by atoms with Gasteiger partial charge in [0.25, 0.3) is 0 Å². The van der Waals surface area contributed by atoms with Crippen LogP contribution in [0.5, 0.6) is 0 Å². The Morgan fingerprint density at radius 2 is 1.31 bits per heavy atom. The fraction of sp³-hybridized carbons (Fsp3) is 0.917. The van der Waals surface area contributed by atoms with E-state index in [1.54, 1.807) is 0 Å². The SMILES string of the molecule is C=C(C)CCC1CCC(C2CCC(C3OCC(CCC)CO3)CC2)CC1. The molecule has 150 valence electrons. The molecule has 2 saturated carbocycles. The van der Waals surface area contributed by atoms with Crippen molar-refractivity contribution in [2.75, 3.05) is 13.2 Å². The van der Waals surface area contributed by atoms with E-state index in [1.807, 2.05) is 0 Å². The van der Waals surface area contributed by atoms with E-state index in [0.717, 1.165) is 31.0 Å². The molecule has 0 amide bonds. The molecule has 1 heterocycles. The minimum Gasteiger partial charge on any atom is -0.352 e. The van der Waals surface area contributed by atoms with Gasteiger partial charge in [0.15, 0.2) is 6.29 Å². The first-order valence-electron chi connectivity index (χ1n) is 11.5. The van der Waals surface area contributed by atoms with Gasteiger partial charge >= 0.3 is 0 Å². The number of hydrogen-bond acceptors (Lipinski definition) is 2. The molecule has 1 saturated heterocycles. The van der Waals surface area contributed by atoms with Gasteiger partial charge in [-0.25, -0.2) is 0 Å². The van der Waals surface area contributed by atoms with E-state index in [4.69, 9.17) is 9.47 Å². The summed E-state index contributed by atoms with van der Waals surface area (Å²) in [6.45, 7) is 10.3. The van der Waals surface area contributed by atoms with Crippen LogP contribution in [0.15, 0.2) is 12.2 Å². The molecule has 0 spiro atoms. The Labute approximate surface area is 162 Å². The molecular formula is C24H42O2. The lowest BCUT2D eigenvalue weighted by molar-refractivity contribution is -0.230. The summed E-state index contributed by atoms with van der Waals surface area (Å²) in [6.07, 6.45) is 16.5. The highest BCUT2D eigenvalue weighted by atomic mass is 16.7. The van der Waals surface area contributed by atoms with Gasteiger partial charge in [0, 0.05) is 11.8 Å². The zero-order valence-electron chi connectivity index (χ0n) is 17.4. The fourth-order valence-electron chi connectivity index (χ4n) is 5.69. The lowest BCUT2D eigenvalue weighted by atomic mass is 9.68. The molecule has 3 fully saturated rings. The van der Waals surface area contributed by atoms with Crippen molar-refractivity contribution in [1.29, 1.82) is 0 Å². The summed E-state index contributed by atoms with van der Waals surface area (Å²) in [5, 5.41) is 0. The van der Waals surface area contributed by atoms with E-state index in [1.165, 1.54) is 82.6 Å². The monoisotopic (exact) mass is 362 g/mol. The Morgan fingerprint density at radius 3 is 1.85 bits per heavy atom. The summed E-state index contributed by atoms with van der Waals surface area (Å²) in [5.41, 5.74) is 1.36. The van der Waals surface area contributed by atoms with Crippen LogP contribution >= 0.6 is 0 Å². The van der Waals surface area contributed by atoms with Crippen molar-refractivity contribution in [3.8, 4) is 0 Å². The summed E-state index contributed by atoms with van der Waals surface area (Å²) in [5.74, 6) is 4.23. The van der Waals surface area contributed by atoms with Crippen LogP contribution in [0.2, 0.25) is 0 Å². The highest BCUT2D eigenvalue weighted by Gasteiger charge is 2.35. The van der Waals surface area contributed by atoms with Crippen molar-refractivity contribution in [2.45, 2.75) is 97.2 Å². The van der Waals surface area contributed by atoms with Crippen LogP contribution in [-0.4, -0.2) is 19.5 Å². The molecule has 2 aliphatic carbocycles. The Hall–Kier alpha value is -0.340. The second-order valence-corrected chi connectivity index (χ2v) is 9.64. The Balaban J connectivity index is 1.34. The van der Waals surface area contributed by atoms with Gasteiger partial charge in [0.2, 0.25) is 0 Å². The Kier molecular flexibility index (Phi) is 8.06. The molecule has 0 aromatic heterocycles. The average molecular weight is 363 g/mol. The van der Waals surface area contributed by atoms with Gasteiger partial charge in [0.05, 0.1) is 13.2 Å². The minimum atomic E-state index is 0.0990. The number of hydrogen-bond donors (Lipinski definition) is 0. The van der Waals surface area contributed by atoms with E-state index in [0.29, 0.717) is 11.8 Å². The number of ether oxygens (including phenoxy) is 2. The Morgan fingerprint density at radius 1 is 0.769 bits per heavy atom. The zero-order valence-corrected chi connectivity index (χ0v) is 17.4. The van der Waals surface area contributed by atoms with Gasteiger partial charge in [-0.1, -0.05) is 31.8 Å². The summed E-state index contributed by atoms with van der Waals surface area (Å²) in [6, 6.07) is 0. The van der Waals surface area contributed by atoms with Crippen LogP contribution in [0.25, 0.3) is 0 Å². The molecule has 0 radical (unpaired) electrons. The molecule has 0 atom stereocenters. The maximum absolute atomic E-state index is 6.09. The third-order valence-corrected chi connectivity index (χ3v) is 7.43.